The Balaban J connectivity index is 1.41. The van der Waals surface area contributed by atoms with E-state index >= 15 is 0 Å². The van der Waals surface area contributed by atoms with E-state index in [0.29, 0.717) is 30.5 Å². The summed E-state index contributed by atoms with van der Waals surface area (Å²) in [6, 6.07) is 16.7. The van der Waals surface area contributed by atoms with Crippen LogP contribution >= 0.6 is 0 Å². The average molecular weight is 377 g/mol. The summed E-state index contributed by atoms with van der Waals surface area (Å²) < 4.78 is 5.33. The Morgan fingerprint density at radius 3 is 2.50 bits per heavy atom. The predicted molar refractivity (Wildman–Crippen MR) is 107 cm³/mol. The van der Waals surface area contributed by atoms with Crippen molar-refractivity contribution in [3.05, 3.63) is 54.6 Å². The molecule has 0 saturated carbocycles. The number of aromatic nitrogens is 3. The van der Waals surface area contributed by atoms with Gasteiger partial charge in [0.15, 0.2) is 11.6 Å². The van der Waals surface area contributed by atoms with E-state index in [1.54, 1.807) is 0 Å². The fourth-order valence-electron chi connectivity index (χ4n) is 3.33. The number of aromatic amines is 1. The molecule has 0 radical (unpaired) electrons. The molecule has 7 nitrogen and oxygen atoms in total. The third-order valence-corrected chi connectivity index (χ3v) is 5.02. The van der Waals surface area contributed by atoms with E-state index < -0.39 is 6.04 Å². The molecule has 1 atom stereocenters. The normalized spacial score (nSPS) is 15.9. The van der Waals surface area contributed by atoms with Crippen LogP contribution in [0.25, 0.3) is 22.8 Å². The minimum Gasteiger partial charge on any atom is -0.381 e. The molecule has 144 valence electrons. The summed E-state index contributed by atoms with van der Waals surface area (Å²) in [5, 5.41) is 10.1. The number of H-pyrrole nitrogens is 1. The van der Waals surface area contributed by atoms with E-state index in [1.807, 2.05) is 54.6 Å². The number of nitrogens with two attached hydrogens (primary N) is 1. The molecule has 2 heterocycles. The lowest BCUT2D eigenvalue weighted by Gasteiger charge is -2.26. The quantitative estimate of drug-likeness (QED) is 0.634. The number of anilines is 1. The lowest BCUT2D eigenvalue weighted by atomic mass is 9.92. The van der Waals surface area contributed by atoms with Crippen LogP contribution in [0.3, 0.4) is 0 Å². The van der Waals surface area contributed by atoms with Gasteiger partial charge in [-0.15, -0.1) is 0 Å². The highest BCUT2D eigenvalue weighted by Crippen LogP contribution is 2.22. The molecule has 7 heteroatoms. The number of nitrogens with one attached hydrogen (secondary N) is 2. The van der Waals surface area contributed by atoms with Crippen molar-refractivity contribution in [1.29, 1.82) is 0 Å². The number of carbonyl (C=O) groups excluding carboxylic acids is 1. The topological polar surface area (TPSA) is 106 Å². The van der Waals surface area contributed by atoms with Gasteiger partial charge in [-0.05, 0) is 43.0 Å². The van der Waals surface area contributed by atoms with Gasteiger partial charge in [0.2, 0.25) is 5.91 Å². The Kier molecular flexibility index (Phi) is 5.45. The van der Waals surface area contributed by atoms with Crippen molar-refractivity contribution in [2.75, 3.05) is 18.5 Å². The van der Waals surface area contributed by atoms with Crippen LogP contribution in [0.2, 0.25) is 0 Å². The maximum Gasteiger partial charge on any atom is 0.241 e. The zero-order valence-electron chi connectivity index (χ0n) is 15.5. The lowest BCUT2D eigenvalue weighted by molar-refractivity contribution is -0.119. The SMILES string of the molecule is NC(C(=O)Nc1ccc(-c2nc(-c3ccccc3)n[nH]2)cc1)C1CCOCC1. The molecule has 4 rings (SSSR count). The summed E-state index contributed by atoms with van der Waals surface area (Å²) in [5.41, 5.74) is 8.68. The fourth-order valence-corrected chi connectivity index (χ4v) is 3.33. The maximum atomic E-state index is 12.4. The van der Waals surface area contributed by atoms with Gasteiger partial charge in [0.25, 0.3) is 0 Å². The summed E-state index contributed by atoms with van der Waals surface area (Å²) in [5.74, 6) is 1.33. The van der Waals surface area contributed by atoms with E-state index in [9.17, 15) is 4.79 Å². The van der Waals surface area contributed by atoms with Crippen molar-refractivity contribution in [2.24, 2.45) is 11.7 Å². The van der Waals surface area contributed by atoms with Gasteiger partial charge in [0.1, 0.15) is 0 Å². The van der Waals surface area contributed by atoms with Crippen molar-refractivity contribution in [2.45, 2.75) is 18.9 Å². The van der Waals surface area contributed by atoms with Crippen LogP contribution in [0.15, 0.2) is 54.6 Å². The van der Waals surface area contributed by atoms with Crippen LogP contribution in [0.5, 0.6) is 0 Å². The number of ether oxygens (including phenoxy) is 1. The number of hydrogen-bond acceptors (Lipinski definition) is 5. The van der Waals surface area contributed by atoms with Gasteiger partial charge in [0.05, 0.1) is 6.04 Å². The van der Waals surface area contributed by atoms with Crippen molar-refractivity contribution >= 4 is 11.6 Å². The molecule has 2 aromatic carbocycles. The Hall–Kier alpha value is -3.03. The number of benzene rings is 2. The molecule has 3 aromatic rings. The zero-order valence-corrected chi connectivity index (χ0v) is 15.5. The van der Waals surface area contributed by atoms with E-state index in [2.05, 4.69) is 20.5 Å². The first-order chi connectivity index (χ1) is 13.7. The molecule has 1 aliphatic heterocycles. The minimum absolute atomic E-state index is 0.161. The second kappa shape index (κ2) is 8.33. The van der Waals surface area contributed by atoms with Gasteiger partial charge < -0.3 is 15.8 Å². The fraction of sp³-hybridized carbons (Fsp3) is 0.286. The van der Waals surface area contributed by atoms with Crippen molar-refractivity contribution in [1.82, 2.24) is 15.2 Å². The summed E-state index contributed by atoms with van der Waals surface area (Å²) in [4.78, 5) is 17.0. The Morgan fingerprint density at radius 2 is 1.79 bits per heavy atom. The first-order valence-electron chi connectivity index (χ1n) is 9.43. The number of rotatable bonds is 5. The predicted octanol–water partition coefficient (Wildman–Crippen LogP) is 2.83. The molecular formula is C21H23N5O2. The smallest absolute Gasteiger partial charge is 0.241 e. The van der Waals surface area contributed by atoms with Crippen LogP contribution in [-0.2, 0) is 9.53 Å². The Bertz CT molecular complexity index is 917. The maximum absolute atomic E-state index is 12.4. The lowest BCUT2D eigenvalue weighted by Crippen LogP contribution is -2.43. The summed E-state index contributed by atoms with van der Waals surface area (Å²) in [6.45, 7) is 1.34. The number of carbonyl (C=O) groups is 1. The molecule has 0 aliphatic carbocycles. The molecule has 0 bridgehead atoms. The molecule has 1 fully saturated rings. The van der Waals surface area contributed by atoms with Crippen molar-refractivity contribution in [3.8, 4) is 22.8 Å². The van der Waals surface area contributed by atoms with Crippen LogP contribution in [0, 0.1) is 5.92 Å². The highest BCUT2D eigenvalue weighted by Gasteiger charge is 2.26. The molecule has 28 heavy (non-hydrogen) atoms. The highest BCUT2D eigenvalue weighted by molar-refractivity contribution is 5.95. The van der Waals surface area contributed by atoms with Crippen LogP contribution < -0.4 is 11.1 Å². The van der Waals surface area contributed by atoms with Gasteiger partial charge >= 0.3 is 0 Å². The van der Waals surface area contributed by atoms with Crippen LogP contribution in [0.4, 0.5) is 5.69 Å². The molecule has 0 spiro atoms. The van der Waals surface area contributed by atoms with E-state index in [1.165, 1.54) is 0 Å². The molecular weight excluding hydrogens is 354 g/mol. The Morgan fingerprint density at radius 1 is 1.07 bits per heavy atom. The largest absolute Gasteiger partial charge is 0.381 e. The first-order valence-corrected chi connectivity index (χ1v) is 9.43. The summed E-state index contributed by atoms with van der Waals surface area (Å²) in [7, 11) is 0. The second-order valence-electron chi connectivity index (χ2n) is 6.92. The van der Waals surface area contributed by atoms with Crippen molar-refractivity contribution < 1.29 is 9.53 Å². The van der Waals surface area contributed by atoms with E-state index in [-0.39, 0.29) is 11.8 Å². The van der Waals surface area contributed by atoms with E-state index in [4.69, 9.17) is 10.5 Å². The number of hydrogen-bond donors (Lipinski definition) is 3. The van der Waals surface area contributed by atoms with Crippen LogP contribution in [-0.4, -0.2) is 40.3 Å². The van der Waals surface area contributed by atoms with Crippen molar-refractivity contribution in [3.63, 3.8) is 0 Å². The standard InChI is InChI=1S/C21H23N5O2/c22-18(14-10-12-28-13-11-14)21(27)23-17-8-6-16(7-9-17)20-24-19(25-26-20)15-4-2-1-3-5-15/h1-9,14,18H,10-13,22H2,(H,23,27)(H,24,25,26). The monoisotopic (exact) mass is 377 g/mol. The summed E-state index contributed by atoms with van der Waals surface area (Å²) >= 11 is 0. The third kappa shape index (κ3) is 4.11. The molecule has 1 unspecified atom stereocenters. The number of nitrogens with zero attached hydrogens (tertiary/aromatic N) is 2. The van der Waals surface area contributed by atoms with E-state index in [0.717, 1.165) is 24.0 Å². The Labute approximate surface area is 163 Å². The zero-order chi connectivity index (χ0) is 19.3. The minimum atomic E-state index is -0.522. The highest BCUT2D eigenvalue weighted by atomic mass is 16.5. The number of amides is 1. The average Bonchev–Trinajstić information content (AvgIpc) is 3.25. The molecule has 1 aromatic heterocycles. The van der Waals surface area contributed by atoms with Gasteiger partial charge in [0, 0.05) is 30.0 Å². The first kappa shape index (κ1) is 18.3. The molecule has 1 saturated heterocycles. The molecule has 1 aliphatic rings. The van der Waals surface area contributed by atoms with Gasteiger partial charge in [-0.1, -0.05) is 30.3 Å². The van der Waals surface area contributed by atoms with Crippen LogP contribution in [0.1, 0.15) is 12.8 Å². The molecule has 4 N–H and O–H groups in total. The molecule has 1 amide bonds. The third-order valence-electron chi connectivity index (χ3n) is 5.02. The van der Waals surface area contributed by atoms with Gasteiger partial charge in [-0.2, -0.15) is 5.10 Å². The second-order valence-corrected chi connectivity index (χ2v) is 6.92. The summed E-state index contributed by atoms with van der Waals surface area (Å²) in [6.07, 6.45) is 1.64. The van der Waals surface area contributed by atoms with Gasteiger partial charge in [-0.25, -0.2) is 4.98 Å². The van der Waals surface area contributed by atoms with Gasteiger partial charge in [-0.3, -0.25) is 9.89 Å².